The minimum Gasteiger partial charge on any atom is -0.481 e. The number of carboxylic acid groups (broad SMARTS) is 2. The highest BCUT2D eigenvalue weighted by Gasteiger charge is 2.38. The summed E-state index contributed by atoms with van der Waals surface area (Å²) in [5.74, 6) is -7.39. The number of carboxylic acids is 2. The third-order valence-corrected chi connectivity index (χ3v) is 8.40. The molecule has 18 nitrogen and oxygen atoms in total. The second kappa shape index (κ2) is 23.5. The van der Waals surface area contributed by atoms with E-state index in [2.05, 4.69) is 21.3 Å². The van der Waals surface area contributed by atoms with Gasteiger partial charge >= 0.3 is 11.9 Å². The normalized spacial score (nSPS) is 14.5. The van der Waals surface area contributed by atoms with Gasteiger partial charge in [-0.2, -0.15) is 0 Å². The molecule has 0 saturated heterocycles. The number of rotatable bonds is 25. The van der Waals surface area contributed by atoms with Crippen LogP contribution in [0.25, 0.3) is 0 Å². The Morgan fingerprint density at radius 3 is 1.85 bits per heavy atom. The number of carbonyl (C=O) groups is 8. The van der Waals surface area contributed by atoms with E-state index in [4.69, 9.17) is 22.3 Å². The van der Waals surface area contributed by atoms with Crippen molar-refractivity contribution >= 4 is 47.4 Å². The predicted molar refractivity (Wildman–Crippen MR) is 198 cm³/mol. The number of nitrogens with one attached hydrogen (secondary N) is 4. The third-order valence-electron chi connectivity index (χ3n) is 8.40. The number of nitrogens with zero attached hydrogens (tertiary/aromatic N) is 1. The maximum absolute atomic E-state index is 14.1. The van der Waals surface area contributed by atoms with Crippen molar-refractivity contribution in [3.05, 3.63) is 35.9 Å². The second-order valence-electron chi connectivity index (χ2n) is 13.9. The Balaban J connectivity index is 3.39. The minimum absolute atomic E-state index is 0.0129. The molecule has 0 unspecified atom stereocenters. The minimum atomic E-state index is -1.51. The van der Waals surface area contributed by atoms with Gasteiger partial charge in [-0.25, -0.2) is 4.79 Å². The summed E-state index contributed by atoms with van der Waals surface area (Å²) in [6.07, 6.45) is -0.222. The van der Waals surface area contributed by atoms with E-state index in [1.165, 1.54) is 11.8 Å². The molecular weight excluding hydrogens is 704 g/mol. The maximum Gasteiger partial charge on any atom is 0.326 e. The molecular formula is C36H58N8O10. The lowest BCUT2D eigenvalue weighted by Gasteiger charge is -2.37. The zero-order valence-corrected chi connectivity index (χ0v) is 31.7. The van der Waals surface area contributed by atoms with Gasteiger partial charge in [0.15, 0.2) is 0 Å². The van der Waals surface area contributed by atoms with E-state index in [0.29, 0.717) is 18.4 Å². The monoisotopic (exact) mass is 762 g/mol. The smallest absolute Gasteiger partial charge is 0.326 e. The van der Waals surface area contributed by atoms with Crippen molar-refractivity contribution in [2.45, 2.75) is 128 Å². The molecule has 0 aliphatic heterocycles. The molecule has 12 N–H and O–H groups in total. The standard InChI is InChI=1S/C36H58N8O10/c1-20(2)17-27(36(53)54)43-33(50)26(18-23-11-7-6-8-12-23)42-31(48)22(5)40-34(51)28(13-9-10-16-37)44(21(3)4)35(52)25(14-15-29(39)45)41-32(49)24(38)19-30(46)47/h6-8,11-12,20-22,24-28H,9-10,13-19,37-38H2,1-5H3,(H2,39,45)(H,40,51)(H,41,49)(H,42,48)(H,43,50)(H,46,47)(H,53,54)/t22-,24-,25-,26-,27-,28-/m0/s1. The number of aliphatic carboxylic acids is 2. The quantitative estimate of drug-likeness (QED) is 0.0549. The van der Waals surface area contributed by atoms with Gasteiger partial charge < -0.3 is 53.6 Å². The molecule has 0 aliphatic rings. The lowest BCUT2D eigenvalue weighted by Crippen LogP contribution is -2.61. The highest BCUT2D eigenvalue weighted by Crippen LogP contribution is 2.18. The highest BCUT2D eigenvalue weighted by atomic mass is 16.4. The number of benzene rings is 1. The van der Waals surface area contributed by atoms with Crippen LogP contribution in [-0.2, 0) is 44.8 Å². The van der Waals surface area contributed by atoms with Crippen LogP contribution in [0.1, 0.15) is 85.1 Å². The predicted octanol–water partition coefficient (Wildman–Crippen LogP) is -0.879. The molecule has 0 heterocycles. The summed E-state index contributed by atoms with van der Waals surface area (Å²) >= 11 is 0. The molecule has 0 fully saturated rings. The van der Waals surface area contributed by atoms with Crippen LogP contribution in [0.15, 0.2) is 30.3 Å². The van der Waals surface area contributed by atoms with Crippen molar-refractivity contribution in [3.8, 4) is 0 Å². The number of nitrogens with two attached hydrogens (primary N) is 3. The fraction of sp³-hybridized carbons (Fsp3) is 0.611. The van der Waals surface area contributed by atoms with Crippen LogP contribution in [0, 0.1) is 5.92 Å². The lowest BCUT2D eigenvalue weighted by atomic mass is 10.0. The maximum atomic E-state index is 14.1. The van der Waals surface area contributed by atoms with Gasteiger partial charge in [-0.05, 0) is 70.9 Å². The Labute approximate surface area is 315 Å². The first-order valence-electron chi connectivity index (χ1n) is 18.0. The first kappa shape index (κ1) is 46.9. The van der Waals surface area contributed by atoms with Crippen LogP contribution in [0.3, 0.4) is 0 Å². The molecule has 1 aromatic carbocycles. The van der Waals surface area contributed by atoms with Gasteiger partial charge in [-0.1, -0.05) is 44.2 Å². The summed E-state index contributed by atoms with van der Waals surface area (Å²) in [4.78, 5) is 104. The number of hydrogen-bond donors (Lipinski definition) is 9. The number of hydrogen-bond acceptors (Lipinski definition) is 10. The number of amides is 6. The van der Waals surface area contributed by atoms with E-state index in [1.54, 1.807) is 44.2 Å². The Hall–Kier alpha value is -5.10. The SMILES string of the molecule is CC(C)C[C@H](NC(=O)[C@H](Cc1ccccc1)NC(=O)[C@H](C)NC(=O)[C@H](CCCCN)N(C(=O)[C@H](CCC(N)=O)NC(=O)[C@@H](N)CC(=O)O)C(C)C)C(=O)O. The molecule has 0 aromatic heterocycles. The van der Waals surface area contributed by atoms with E-state index >= 15 is 0 Å². The fourth-order valence-corrected chi connectivity index (χ4v) is 5.63. The summed E-state index contributed by atoms with van der Waals surface area (Å²) in [5, 5.41) is 28.9. The van der Waals surface area contributed by atoms with E-state index in [0.717, 1.165) is 0 Å². The van der Waals surface area contributed by atoms with Gasteiger partial charge in [0, 0.05) is 18.9 Å². The molecule has 302 valence electrons. The highest BCUT2D eigenvalue weighted by molar-refractivity contribution is 5.97. The first-order valence-corrected chi connectivity index (χ1v) is 18.0. The Morgan fingerprint density at radius 1 is 0.741 bits per heavy atom. The number of carbonyl (C=O) groups excluding carboxylic acids is 6. The van der Waals surface area contributed by atoms with Gasteiger partial charge in [0.25, 0.3) is 0 Å². The topological polar surface area (TPSA) is 306 Å². The van der Waals surface area contributed by atoms with Gasteiger partial charge in [0.2, 0.25) is 35.4 Å². The van der Waals surface area contributed by atoms with Gasteiger partial charge in [-0.15, -0.1) is 0 Å². The van der Waals surface area contributed by atoms with E-state index < -0.39 is 96.1 Å². The number of primary amides is 1. The van der Waals surface area contributed by atoms with Crippen molar-refractivity contribution in [2.75, 3.05) is 6.54 Å². The fourth-order valence-electron chi connectivity index (χ4n) is 5.63. The average Bonchev–Trinajstić information content (AvgIpc) is 3.08. The van der Waals surface area contributed by atoms with Crippen molar-refractivity contribution in [1.29, 1.82) is 0 Å². The first-order chi connectivity index (χ1) is 25.3. The molecule has 18 heteroatoms. The second-order valence-corrected chi connectivity index (χ2v) is 13.9. The lowest BCUT2D eigenvalue weighted by molar-refractivity contribution is -0.147. The molecule has 6 atom stereocenters. The Kier molecular flexibility index (Phi) is 20.5. The summed E-state index contributed by atoms with van der Waals surface area (Å²) in [6, 6.07) is 0.256. The number of unbranched alkanes of at least 4 members (excludes halogenated alkanes) is 1. The Bertz CT molecular complexity index is 1440. The van der Waals surface area contributed by atoms with Crippen molar-refractivity contribution in [1.82, 2.24) is 26.2 Å². The molecule has 0 spiro atoms. The molecule has 0 saturated carbocycles. The molecule has 0 bridgehead atoms. The third kappa shape index (κ3) is 16.7. The van der Waals surface area contributed by atoms with Crippen LogP contribution in [0.2, 0.25) is 0 Å². The van der Waals surface area contributed by atoms with Crippen molar-refractivity contribution in [2.24, 2.45) is 23.1 Å². The largest absolute Gasteiger partial charge is 0.481 e. The summed E-state index contributed by atoms with van der Waals surface area (Å²) < 4.78 is 0. The van der Waals surface area contributed by atoms with E-state index in [-0.39, 0.29) is 44.6 Å². The molecule has 0 aliphatic carbocycles. The van der Waals surface area contributed by atoms with Gasteiger partial charge in [0.1, 0.15) is 30.2 Å². The van der Waals surface area contributed by atoms with Crippen LogP contribution in [-0.4, -0.2) is 111 Å². The molecule has 54 heavy (non-hydrogen) atoms. The molecule has 1 aromatic rings. The summed E-state index contributed by atoms with van der Waals surface area (Å²) in [6.45, 7) is 8.52. The van der Waals surface area contributed by atoms with Crippen LogP contribution >= 0.6 is 0 Å². The molecule has 1 rings (SSSR count). The van der Waals surface area contributed by atoms with E-state index in [1.807, 2.05) is 13.8 Å². The van der Waals surface area contributed by atoms with Crippen molar-refractivity contribution < 1.29 is 48.6 Å². The Morgan fingerprint density at radius 2 is 1.33 bits per heavy atom. The molecule has 0 radical (unpaired) electrons. The summed E-state index contributed by atoms with van der Waals surface area (Å²) in [7, 11) is 0. The van der Waals surface area contributed by atoms with Crippen LogP contribution < -0.4 is 38.5 Å². The van der Waals surface area contributed by atoms with Gasteiger partial charge in [0.05, 0.1) is 12.5 Å². The van der Waals surface area contributed by atoms with Crippen LogP contribution in [0.4, 0.5) is 0 Å². The average molecular weight is 763 g/mol. The zero-order valence-electron chi connectivity index (χ0n) is 31.7. The van der Waals surface area contributed by atoms with Crippen molar-refractivity contribution in [3.63, 3.8) is 0 Å². The summed E-state index contributed by atoms with van der Waals surface area (Å²) in [5.41, 5.74) is 17.4. The van der Waals surface area contributed by atoms with Crippen LogP contribution in [0.5, 0.6) is 0 Å². The van der Waals surface area contributed by atoms with E-state index in [9.17, 15) is 43.5 Å². The zero-order chi connectivity index (χ0) is 41.1. The molecule has 6 amide bonds. The van der Waals surface area contributed by atoms with Gasteiger partial charge in [-0.3, -0.25) is 33.6 Å².